The average Bonchev–Trinajstić information content (AvgIpc) is 2.96. The van der Waals surface area contributed by atoms with Crippen LogP contribution in [0.1, 0.15) is 12.0 Å². The molecule has 1 aliphatic heterocycles. The van der Waals surface area contributed by atoms with Gasteiger partial charge in [-0.25, -0.2) is 0 Å². The summed E-state index contributed by atoms with van der Waals surface area (Å²) in [5.74, 6) is -0.373. The number of carbonyl (C=O) groups excluding carboxylic acids is 1. The highest BCUT2D eigenvalue weighted by Gasteiger charge is 2.28. The Morgan fingerprint density at radius 3 is 2.78 bits per heavy atom. The summed E-state index contributed by atoms with van der Waals surface area (Å²) < 4.78 is 5.27. The van der Waals surface area contributed by atoms with Gasteiger partial charge in [-0.05, 0) is 31.0 Å². The summed E-state index contributed by atoms with van der Waals surface area (Å²) in [7, 11) is 1.63. The number of halogens is 1. The number of nitrogens with zero attached hydrogens (tertiary/aromatic N) is 1. The van der Waals surface area contributed by atoms with Crippen LogP contribution >= 0.6 is 12.4 Å². The van der Waals surface area contributed by atoms with Crippen LogP contribution in [0.4, 0.5) is 0 Å². The van der Waals surface area contributed by atoms with E-state index in [0.717, 1.165) is 11.3 Å². The van der Waals surface area contributed by atoms with E-state index in [1.165, 1.54) is 0 Å². The predicted octanol–water partition coefficient (Wildman–Crippen LogP) is 1.18. The smallest absolute Gasteiger partial charge is 0.307 e. The van der Waals surface area contributed by atoms with Gasteiger partial charge in [-0.15, -0.1) is 12.4 Å². The maximum absolute atomic E-state index is 11.9. The van der Waals surface area contributed by atoms with Crippen molar-refractivity contribution in [1.82, 2.24) is 10.2 Å². The molecule has 0 aliphatic carbocycles. The molecule has 1 saturated heterocycles. The number of carboxylic acid groups (broad SMARTS) is 1. The van der Waals surface area contributed by atoms with Gasteiger partial charge in [-0.1, -0.05) is 18.2 Å². The molecule has 1 heterocycles. The molecular weight excluding hydrogens is 320 g/mol. The van der Waals surface area contributed by atoms with Crippen LogP contribution in [0.5, 0.6) is 5.75 Å². The zero-order chi connectivity index (χ0) is 15.9. The van der Waals surface area contributed by atoms with Gasteiger partial charge in [0, 0.05) is 13.1 Å². The van der Waals surface area contributed by atoms with Crippen molar-refractivity contribution in [2.75, 3.05) is 33.3 Å². The molecule has 0 radical (unpaired) electrons. The lowest BCUT2D eigenvalue weighted by atomic mass is 10.1. The monoisotopic (exact) mass is 342 g/mol. The van der Waals surface area contributed by atoms with Crippen molar-refractivity contribution >= 4 is 24.3 Å². The Labute approximate surface area is 142 Å². The number of hydrogen-bond donors (Lipinski definition) is 2. The molecule has 2 N–H and O–H groups in total. The van der Waals surface area contributed by atoms with Crippen molar-refractivity contribution in [3.05, 3.63) is 29.8 Å². The molecule has 0 bridgehead atoms. The summed E-state index contributed by atoms with van der Waals surface area (Å²) in [6, 6.07) is 7.72. The quantitative estimate of drug-likeness (QED) is 0.778. The highest BCUT2D eigenvalue weighted by atomic mass is 35.5. The van der Waals surface area contributed by atoms with E-state index in [0.29, 0.717) is 32.5 Å². The highest BCUT2D eigenvalue weighted by Crippen LogP contribution is 2.17. The molecule has 23 heavy (non-hydrogen) atoms. The Kier molecular flexibility index (Phi) is 7.85. The normalized spacial score (nSPS) is 17.3. The lowest BCUT2D eigenvalue weighted by molar-refractivity contribution is -0.141. The zero-order valence-electron chi connectivity index (χ0n) is 13.2. The van der Waals surface area contributed by atoms with E-state index < -0.39 is 5.97 Å². The number of rotatable bonds is 7. The van der Waals surface area contributed by atoms with Crippen LogP contribution in [0.2, 0.25) is 0 Å². The summed E-state index contributed by atoms with van der Waals surface area (Å²) in [5, 5.41) is 11.8. The summed E-state index contributed by atoms with van der Waals surface area (Å²) >= 11 is 0. The van der Waals surface area contributed by atoms with E-state index in [-0.39, 0.29) is 30.8 Å². The SMILES string of the molecule is COc1ccccc1CCNC(=O)CN1CCC(C(=O)O)C1.Cl. The first kappa shape index (κ1) is 19.3. The van der Waals surface area contributed by atoms with Gasteiger partial charge in [0.25, 0.3) is 0 Å². The van der Waals surface area contributed by atoms with E-state index in [9.17, 15) is 9.59 Å². The number of likely N-dealkylation sites (tertiary alicyclic amines) is 1. The molecule has 1 aliphatic rings. The number of para-hydroxylation sites is 1. The molecule has 2 rings (SSSR count). The van der Waals surface area contributed by atoms with Crippen LogP contribution in [0.3, 0.4) is 0 Å². The second-order valence-corrected chi connectivity index (χ2v) is 5.47. The maximum Gasteiger partial charge on any atom is 0.307 e. The van der Waals surface area contributed by atoms with Gasteiger partial charge in [0.15, 0.2) is 0 Å². The number of hydrogen-bond acceptors (Lipinski definition) is 4. The molecule has 1 aromatic carbocycles. The lowest BCUT2D eigenvalue weighted by Gasteiger charge is -2.15. The van der Waals surface area contributed by atoms with Crippen molar-refractivity contribution in [2.24, 2.45) is 5.92 Å². The number of amides is 1. The largest absolute Gasteiger partial charge is 0.496 e. The number of carbonyl (C=O) groups is 2. The number of ether oxygens (including phenoxy) is 1. The Balaban J connectivity index is 0.00000264. The number of benzene rings is 1. The van der Waals surface area contributed by atoms with E-state index in [1.54, 1.807) is 7.11 Å². The topological polar surface area (TPSA) is 78.9 Å². The number of carboxylic acids is 1. The molecule has 0 saturated carbocycles. The Morgan fingerprint density at radius 2 is 2.13 bits per heavy atom. The van der Waals surface area contributed by atoms with Gasteiger partial charge in [0.1, 0.15) is 5.75 Å². The number of nitrogens with one attached hydrogen (secondary N) is 1. The van der Waals surface area contributed by atoms with Gasteiger partial charge >= 0.3 is 5.97 Å². The minimum Gasteiger partial charge on any atom is -0.496 e. The summed E-state index contributed by atoms with van der Waals surface area (Å²) in [4.78, 5) is 24.7. The fourth-order valence-corrected chi connectivity index (χ4v) is 2.68. The summed E-state index contributed by atoms with van der Waals surface area (Å²) in [5.41, 5.74) is 1.05. The van der Waals surface area contributed by atoms with E-state index in [1.807, 2.05) is 29.2 Å². The van der Waals surface area contributed by atoms with Crippen LogP contribution < -0.4 is 10.1 Å². The molecular formula is C16H23ClN2O4. The average molecular weight is 343 g/mol. The molecule has 1 fully saturated rings. The van der Waals surface area contributed by atoms with E-state index in [4.69, 9.17) is 9.84 Å². The minimum absolute atomic E-state index is 0. The van der Waals surface area contributed by atoms with Gasteiger partial charge in [-0.2, -0.15) is 0 Å². The lowest BCUT2D eigenvalue weighted by Crippen LogP contribution is -2.37. The van der Waals surface area contributed by atoms with Crippen molar-refractivity contribution < 1.29 is 19.4 Å². The fraction of sp³-hybridized carbons (Fsp3) is 0.500. The standard InChI is InChI=1S/C16H22N2O4.ClH/c1-22-14-5-3-2-4-12(14)6-8-17-15(19)11-18-9-7-13(10-18)16(20)21;/h2-5,13H,6-11H2,1H3,(H,17,19)(H,20,21);1H. The van der Waals surface area contributed by atoms with Gasteiger partial charge in [-0.3, -0.25) is 14.5 Å². The fourth-order valence-electron chi connectivity index (χ4n) is 2.68. The first-order valence-electron chi connectivity index (χ1n) is 7.44. The van der Waals surface area contributed by atoms with Crippen molar-refractivity contribution in [1.29, 1.82) is 0 Å². The van der Waals surface area contributed by atoms with Gasteiger partial charge in [0.05, 0.1) is 19.6 Å². The second-order valence-electron chi connectivity index (χ2n) is 5.47. The van der Waals surface area contributed by atoms with Crippen LogP contribution in [0.15, 0.2) is 24.3 Å². The van der Waals surface area contributed by atoms with Crippen LogP contribution in [-0.2, 0) is 16.0 Å². The first-order valence-corrected chi connectivity index (χ1v) is 7.44. The van der Waals surface area contributed by atoms with Crippen molar-refractivity contribution in [3.63, 3.8) is 0 Å². The Morgan fingerprint density at radius 1 is 1.39 bits per heavy atom. The van der Waals surface area contributed by atoms with Crippen LogP contribution in [0, 0.1) is 5.92 Å². The Bertz CT molecular complexity index is 539. The third-order valence-corrected chi connectivity index (χ3v) is 3.90. The van der Waals surface area contributed by atoms with Crippen molar-refractivity contribution in [2.45, 2.75) is 12.8 Å². The van der Waals surface area contributed by atoms with Crippen molar-refractivity contribution in [3.8, 4) is 5.75 Å². The molecule has 1 unspecified atom stereocenters. The molecule has 128 valence electrons. The molecule has 1 amide bonds. The summed E-state index contributed by atoms with van der Waals surface area (Å²) in [6.45, 7) is 1.91. The molecule has 1 aromatic rings. The zero-order valence-corrected chi connectivity index (χ0v) is 14.0. The highest BCUT2D eigenvalue weighted by molar-refractivity contribution is 5.85. The van der Waals surface area contributed by atoms with Crippen LogP contribution in [0.25, 0.3) is 0 Å². The van der Waals surface area contributed by atoms with E-state index in [2.05, 4.69) is 5.32 Å². The summed E-state index contributed by atoms with van der Waals surface area (Å²) in [6.07, 6.45) is 1.32. The van der Waals surface area contributed by atoms with Crippen LogP contribution in [-0.4, -0.2) is 55.2 Å². The van der Waals surface area contributed by atoms with Gasteiger partial charge < -0.3 is 15.2 Å². The third kappa shape index (κ3) is 5.73. The number of aliphatic carboxylic acids is 1. The predicted molar refractivity (Wildman–Crippen MR) is 89.1 cm³/mol. The molecule has 0 spiro atoms. The molecule has 7 heteroatoms. The number of methoxy groups -OCH3 is 1. The molecule has 0 aromatic heterocycles. The first-order chi connectivity index (χ1) is 10.6. The van der Waals surface area contributed by atoms with Gasteiger partial charge in [0.2, 0.25) is 5.91 Å². The Hall–Kier alpha value is -1.79. The second kappa shape index (κ2) is 9.37. The molecule has 6 nitrogen and oxygen atoms in total. The van der Waals surface area contributed by atoms with E-state index >= 15 is 0 Å². The molecule has 1 atom stereocenters. The minimum atomic E-state index is -0.779. The third-order valence-electron chi connectivity index (χ3n) is 3.90. The maximum atomic E-state index is 11.9.